The van der Waals surface area contributed by atoms with E-state index in [0.29, 0.717) is 17.3 Å². The minimum atomic E-state index is -0.576. The number of H-pyrrole nitrogens is 1. The van der Waals surface area contributed by atoms with Gasteiger partial charge in [0.15, 0.2) is 6.10 Å². The third-order valence-electron chi connectivity index (χ3n) is 2.52. The molecule has 0 aliphatic rings. The van der Waals surface area contributed by atoms with Crippen molar-refractivity contribution >= 4 is 17.5 Å². The number of hydrogen-bond acceptors (Lipinski definition) is 3. The van der Waals surface area contributed by atoms with Crippen LogP contribution in [0.15, 0.2) is 36.7 Å². The summed E-state index contributed by atoms with van der Waals surface area (Å²) in [6.45, 7) is 2.11. The third-order valence-corrected chi connectivity index (χ3v) is 2.77. The zero-order chi connectivity index (χ0) is 13.7. The molecule has 0 saturated carbocycles. The van der Waals surface area contributed by atoms with Crippen LogP contribution < -0.4 is 10.1 Å². The second-order valence-electron chi connectivity index (χ2n) is 4.04. The van der Waals surface area contributed by atoms with Crippen LogP contribution in [0.1, 0.15) is 12.5 Å². The van der Waals surface area contributed by atoms with Gasteiger partial charge < -0.3 is 10.1 Å². The molecule has 0 aliphatic carbocycles. The molecular formula is C13H14ClN3O2. The predicted octanol–water partition coefficient (Wildman–Crippen LogP) is 2.15. The fourth-order valence-corrected chi connectivity index (χ4v) is 1.60. The summed E-state index contributed by atoms with van der Waals surface area (Å²) in [6, 6.07) is 6.88. The van der Waals surface area contributed by atoms with Crippen LogP contribution in [-0.4, -0.2) is 22.2 Å². The molecule has 5 nitrogen and oxygen atoms in total. The number of ether oxygens (including phenoxy) is 1. The summed E-state index contributed by atoms with van der Waals surface area (Å²) in [6.07, 6.45) is 2.81. The van der Waals surface area contributed by atoms with E-state index in [9.17, 15) is 4.79 Å². The summed E-state index contributed by atoms with van der Waals surface area (Å²) >= 11 is 5.77. The number of aromatic amines is 1. The Labute approximate surface area is 115 Å². The van der Waals surface area contributed by atoms with Gasteiger partial charge in [-0.1, -0.05) is 11.6 Å². The summed E-state index contributed by atoms with van der Waals surface area (Å²) in [5.74, 6) is 0.423. The minimum absolute atomic E-state index is 0.184. The second kappa shape index (κ2) is 6.24. The number of benzene rings is 1. The molecule has 1 atom stereocenters. The largest absolute Gasteiger partial charge is 0.481 e. The molecule has 2 rings (SSSR count). The minimum Gasteiger partial charge on any atom is -0.481 e. The van der Waals surface area contributed by atoms with Gasteiger partial charge in [-0.3, -0.25) is 9.89 Å². The molecule has 2 aromatic rings. The highest BCUT2D eigenvalue weighted by Gasteiger charge is 2.14. The number of hydrogen-bond donors (Lipinski definition) is 2. The molecule has 19 heavy (non-hydrogen) atoms. The summed E-state index contributed by atoms with van der Waals surface area (Å²) in [7, 11) is 0. The van der Waals surface area contributed by atoms with Crippen LogP contribution in [0.4, 0.5) is 0 Å². The summed E-state index contributed by atoms with van der Waals surface area (Å²) < 4.78 is 5.51. The van der Waals surface area contributed by atoms with Crippen LogP contribution in [0.2, 0.25) is 5.02 Å². The molecule has 0 fully saturated rings. The Bertz CT molecular complexity index is 525. The smallest absolute Gasteiger partial charge is 0.261 e. The van der Waals surface area contributed by atoms with Gasteiger partial charge in [0, 0.05) is 23.3 Å². The van der Waals surface area contributed by atoms with Gasteiger partial charge >= 0.3 is 0 Å². The Morgan fingerprint density at radius 3 is 2.84 bits per heavy atom. The van der Waals surface area contributed by atoms with E-state index in [2.05, 4.69) is 15.5 Å². The SMILES string of the molecule is CC(Oc1ccc(Cl)cc1)C(=O)NCc1cn[nH]c1. The maximum absolute atomic E-state index is 11.8. The quantitative estimate of drug-likeness (QED) is 0.881. The van der Waals surface area contributed by atoms with E-state index in [4.69, 9.17) is 16.3 Å². The molecule has 0 saturated heterocycles. The number of amides is 1. The highest BCUT2D eigenvalue weighted by Crippen LogP contribution is 2.16. The maximum Gasteiger partial charge on any atom is 0.261 e. The van der Waals surface area contributed by atoms with Crippen LogP contribution in [0.5, 0.6) is 5.75 Å². The van der Waals surface area contributed by atoms with Crippen molar-refractivity contribution in [1.29, 1.82) is 0 Å². The number of carbonyl (C=O) groups is 1. The molecule has 1 aromatic carbocycles. The van der Waals surface area contributed by atoms with Crippen molar-refractivity contribution in [2.24, 2.45) is 0 Å². The molecule has 0 spiro atoms. The van der Waals surface area contributed by atoms with Crippen LogP contribution in [-0.2, 0) is 11.3 Å². The van der Waals surface area contributed by atoms with Crippen molar-refractivity contribution in [3.8, 4) is 5.75 Å². The maximum atomic E-state index is 11.8. The average Bonchev–Trinajstić information content (AvgIpc) is 2.91. The number of nitrogens with one attached hydrogen (secondary N) is 2. The zero-order valence-electron chi connectivity index (χ0n) is 10.4. The number of halogens is 1. The van der Waals surface area contributed by atoms with Crippen LogP contribution in [0, 0.1) is 0 Å². The first-order valence-electron chi connectivity index (χ1n) is 5.83. The number of aromatic nitrogens is 2. The molecule has 0 aliphatic heterocycles. The summed E-state index contributed by atoms with van der Waals surface area (Å²) in [5, 5.41) is 9.88. The summed E-state index contributed by atoms with van der Waals surface area (Å²) in [4.78, 5) is 11.8. The van der Waals surface area contributed by atoms with Crippen molar-refractivity contribution in [1.82, 2.24) is 15.5 Å². The van der Waals surface area contributed by atoms with E-state index >= 15 is 0 Å². The first-order chi connectivity index (χ1) is 9.15. The van der Waals surface area contributed by atoms with Gasteiger partial charge in [-0.25, -0.2) is 0 Å². The Hall–Kier alpha value is -2.01. The van der Waals surface area contributed by atoms with Crippen LogP contribution >= 0.6 is 11.6 Å². The van der Waals surface area contributed by atoms with Crippen molar-refractivity contribution in [3.63, 3.8) is 0 Å². The fraction of sp³-hybridized carbons (Fsp3) is 0.231. The molecule has 2 N–H and O–H groups in total. The third kappa shape index (κ3) is 3.99. The van der Waals surface area contributed by atoms with E-state index in [0.717, 1.165) is 5.56 Å². The lowest BCUT2D eigenvalue weighted by Gasteiger charge is -2.14. The molecule has 1 unspecified atom stereocenters. The predicted molar refractivity (Wildman–Crippen MR) is 72.0 cm³/mol. The van der Waals surface area contributed by atoms with E-state index < -0.39 is 6.10 Å². The molecule has 0 bridgehead atoms. The molecule has 1 aromatic heterocycles. The topological polar surface area (TPSA) is 67.0 Å². The van der Waals surface area contributed by atoms with Gasteiger partial charge in [0.25, 0.3) is 5.91 Å². The Balaban J connectivity index is 1.83. The van der Waals surface area contributed by atoms with E-state index in [1.807, 2.05) is 0 Å². The van der Waals surface area contributed by atoms with Gasteiger partial charge in [0.05, 0.1) is 6.20 Å². The van der Waals surface area contributed by atoms with Gasteiger partial charge in [-0.2, -0.15) is 5.10 Å². The highest BCUT2D eigenvalue weighted by molar-refractivity contribution is 6.30. The van der Waals surface area contributed by atoms with E-state index in [-0.39, 0.29) is 5.91 Å². The van der Waals surface area contributed by atoms with Crippen molar-refractivity contribution in [2.75, 3.05) is 0 Å². The lowest BCUT2D eigenvalue weighted by Crippen LogP contribution is -2.35. The Morgan fingerprint density at radius 1 is 1.47 bits per heavy atom. The van der Waals surface area contributed by atoms with Gasteiger partial charge in [-0.15, -0.1) is 0 Å². The molecular weight excluding hydrogens is 266 g/mol. The van der Waals surface area contributed by atoms with Gasteiger partial charge in [-0.05, 0) is 31.2 Å². The summed E-state index contributed by atoms with van der Waals surface area (Å²) in [5.41, 5.74) is 0.909. The van der Waals surface area contributed by atoms with E-state index in [1.165, 1.54) is 0 Å². The first kappa shape index (κ1) is 13.4. The lowest BCUT2D eigenvalue weighted by atomic mass is 10.3. The number of rotatable bonds is 5. The first-order valence-corrected chi connectivity index (χ1v) is 6.20. The van der Waals surface area contributed by atoms with Gasteiger partial charge in [0.2, 0.25) is 0 Å². The molecule has 1 heterocycles. The fourth-order valence-electron chi connectivity index (χ4n) is 1.48. The standard InChI is InChI=1S/C13H14ClN3O2/c1-9(19-12-4-2-11(14)3-5-12)13(18)15-6-10-7-16-17-8-10/h2-5,7-9H,6H2,1H3,(H,15,18)(H,16,17). The van der Waals surface area contributed by atoms with Crippen LogP contribution in [0.3, 0.4) is 0 Å². The Morgan fingerprint density at radius 2 is 2.21 bits per heavy atom. The van der Waals surface area contributed by atoms with Crippen LogP contribution in [0.25, 0.3) is 0 Å². The van der Waals surface area contributed by atoms with Gasteiger partial charge in [0.1, 0.15) is 5.75 Å². The number of carbonyl (C=O) groups excluding carboxylic acids is 1. The molecule has 100 valence electrons. The van der Waals surface area contributed by atoms with Crippen molar-refractivity contribution < 1.29 is 9.53 Å². The Kier molecular flexibility index (Phi) is 4.41. The second-order valence-corrected chi connectivity index (χ2v) is 4.47. The molecule has 0 radical (unpaired) electrons. The average molecular weight is 280 g/mol. The zero-order valence-corrected chi connectivity index (χ0v) is 11.1. The van der Waals surface area contributed by atoms with Crippen molar-refractivity contribution in [3.05, 3.63) is 47.2 Å². The molecule has 6 heteroatoms. The van der Waals surface area contributed by atoms with Crippen molar-refractivity contribution in [2.45, 2.75) is 19.6 Å². The monoisotopic (exact) mass is 279 g/mol. The van der Waals surface area contributed by atoms with E-state index in [1.54, 1.807) is 43.6 Å². The normalized spacial score (nSPS) is 11.9. The molecule has 1 amide bonds. The highest BCUT2D eigenvalue weighted by atomic mass is 35.5. The lowest BCUT2D eigenvalue weighted by molar-refractivity contribution is -0.127. The number of nitrogens with zero attached hydrogens (tertiary/aromatic N) is 1.